The number of halogens is 1. The topological polar surface area (TPSA) is 94.6 Å². The highest BCUT2D eigenvalue weighted by molar-refractivity contribution is 7.89. The Bertz CT molecular complexity index is 1240. The molecule has 1 saturated carbocycles. The minimum atomic E-state index is -3.64. The summed E-state index contributed by atoms with van der Waals surface area (Å²) >= 11 is 0. The summed E-state index contributed by atoms with van der Waals surface area (Å²) in [6, 6.07) is 14.4. The Labute approximate surface area is 191 Å². The van der Waals surface area contributed by atoms with Crippen LogP contribution in [0.2, 0.25) is 0 Å². The van der Waals surface area contributed by atoms with Gasteiger partial charge in [-0.3, -0.25) is 4.79 Å². The quantitative estimate of drug-likeness (QED) is 0.509. The van der Waals surface area contributed by atoms with Crippen molar-refractivity contribution in [3.63, 3.8) is 0 Å². The molecule has 1 amide bonds. The lowest BCUT2D eigenvalue weighted by molar-refractivity contribution is 0.0981. The van der Waals surface area contributed by atoms with Gasteiger partial charge in [-0.2, -0.15) is 0 Å². The number of hydrogen-bond donors (Lipinski definition) is 1. The number of pyridine rings is 1. The number of nitrogens with zero attached hydrogens (tertiary/aromatic N) is 1. The van der Waals surface area contributed by atoms with E-state index in [9.17, 15) is 17.6 Å². The van der Waals surface area contributed by atoms with Crippen LogP contribution in [0.1, 0.15) is 28.8 Å². The third-order valence-electron chi connectivity index (χ3n) is 5.05. The molecular weight excluding hydrogens is 447 g/mol. The SMILES string of the molecule is CS(=O)(=O)NC(=O)c1ccc(COc2cc(-c3ccc(OCC4CC4)nc3)ccc2F)cc1. The zero-order chi connectivity index (χ0) is 23.4. The number of rotatable bonds is 9. The van der Waals surface area contributed by atoms with Crippen molar-refractivity contribution in [2.75, 3.05) is 12.9 Å². The Hall–Kier alpha value is -3.46. The number of ether oxygens (including phenoxy) is 2. The molecule has 0 saturated heterocycles. The number of aromatic nitrogens is 1. The van der Waals surface area contributed by atoms with Crippen LogP contribution in [-0.4, -0.2) is 32.2 Å². The summed E-state index contributed by atoms with van der Waals surface area (Å²) in [4.78, 5) is 16.2. The van der Waals surface area contributed by atoms with Gasteiger partial charge in [0.05, 0.1) is 12.9 Å². The minimum absolute atomic E-state index is 0.0700. The van der Waals surface area contributed by atoms with Gasteiger partial charge in [0.1, 0.15) is 6.61 Å². The first kappa shape index (κ1) is 22.7. The van der Waals surface area contributed by atoms with E-state index < -0.39 is 21.7 Å². The zero-order valence-electron chi connectivity index (χ0n) is 18.0. The van der Waals surface area contributed by atoms with Crippen LogP contribution in [0.4, 0.5) is 4.39 Å². The van der Waals surface area contributed by atoms with Gasteiger partial charge in [0.2, 0.25) is 15.9 Å². The van der Waals surface area contributed by atoms with Crippen LogP contribution in [0.15, 0.2) is 60.8 Å². The van der Waals surface area contributed by atoms with Crippen LogP contribution in [0.25, 0.3) is 11.1 Å². The van der Waals surface area contributed by atoms with Crippen molar-refractivity contribution in [2.45, 2.75) is 19.4 Å². The number of carbonyl (C=O) groups excluding carboxylic acids is 1. The highest BCUT2D eigenvalue weighted by atomic mass is 32.2. The third kappa shape index (κ3) is 6.52. The van der Waals surface area contributed by atoms with E-state index in [2.05, 4.69) is 4.98 Å². The Morgan fingerprint density at radius 1 is 1.06 bits per heavy atom. The predicted molar refractivity (Wildman–Crippen MR) is 121 cm³/mol. The Balaban J connectivity index is 1.39. The summed E-state index contributed by atoms with van der Waals surface area (Å²) in [5.41, 5.74) is 2.43. The van der Waals surface area contributed by atoms with Crippen molar-refractivity contribution in [3.05, 3.63) is 77.7 Å². The summed E-state index contributed by atoms with van der Waals surface area (Å²) in [7, 11) is -3.64. The van der Waals surface area contributed by atoms with Gasteiger partial charge in [-0.15, -0.1) is 0 Å². The second-order valence-corrected chi connectivity index (χ2v) is 9.72. The first-order valence-corrected chi connectivity index (χ1v) is 12.3. The molecule has 1 aromatic heterocycles. The Morgan fingerprint density at radius 2 is 1.79 bits per heavy atom. The summed E-state index contributed by atoms with van der Waals surface area (Å²) in [6.45, 7) is 0.755. The number of benzene rings is 2. The molecule has 0 bridgehead atoms. The molecule has 0 spiro atoms. The molecule has 1 aliphatic rings. The van der Waals surface area contributed by atoms with Gasteiger partial charge >= 0.3 is 0 Å². The summed E-state index contributed by atoms with van der Waals surface area (Å²) in [6.07, 6.45) is 5.00. The van der Waals surface area contributed by atoms with Crippen molar-refractivity contribution in [1.29, 1.82) is 0 Å². The molecule has 9 heteroatoms. The highest BCUT2D eigenvalue weighted by Gasteiger charge is 2.22. The van der Waals surface area contributed by atoms with Crippen LogP contribution >= 0.6 is 0 Å². The van der Waals surface area contributed by atoms with E-state index in [0.717, 1.165) is 17.4 Å². The normalized spacial score (nSPS) is 13.4. The van der Waals surface area contributed by atoms with Gasteiger partial charge < -0.3 is 9.47 Å². The van der Waals surface area contributed by atoms with Crippen molar-refractivity contribution in [2.24, 2.45) is 5.92 Å². The molecule has 1 aliphatic carbocycles. The van der Waals surface area contributed by atoms with Gasteiger partial charge in [0, 0.05) is 23.4 Å². The van der Waals surface area contributed by atoms with Gasteiger partial charge in [-0.25, -0.2) is 22.5 Å². The molecule has 0 atom stereocenters. The maximum Gasteiger partial charge on any atom is 0.264 e. The van der Waals surface area contributed by atoms with Crippen molar-refractivity contribution in [3.8, 4) is 22.8 Å². The van der Waals surface area contributed by atoms with Crippen LogP contribution in [0, 0.1) is 11.7 Å². The fourth-order valence-electron chi connectivity index (χ4n) is 3.06. The van der Waals surface area contributed by atoms with E-state index in [0.29, 0.717) is 24.0 Å². The van der Waals surface area contributed by atoms with Gasteiger partial charge in [0.25, 0.3) is 5.91 Å². The zero-order valence-corrected chi connectivity index (χ0v) is 18.8. The molecule has 33 heavy (non-hydrogen) atoms. The molecule has 1 fully saturated rings. The second-order valence-electron chi connectivity index (χ2n) is 7.97. The maximum absolute atomic E-state index is 14.3. The first-order valence-electron chi connectivity index (χ1n) is 10.4. The summed E-state index contributed by atoms with van der Waals surface area (Å²) in [5.74, 6) is 0.0732. The number of sulfonamides is 1. The molecule has 7 nitrogen and oxygen atoms in total. The van der Waals surface area contributed by atoms with Gasteiger partial charge in [0.15, 0.2) is 11.6 Å². The lowest BCUT2D eigenvalue weighted by Gasteiger charge is -2.11. The fourth-order valence-corrected chi connectivity index (χ4v) is 3.51. The number of hydrogen-bond acceptors (Lipinski definition) is 6. The molecule has 2 aromatic carbocycles. The average molecular weight is 471 g/mol. The van der Waals surface area contributed by atoms with Crippen molar-refractivity contribution in [1.82, 2.24) is 9.71 Å². The van der Waals surface area contributed by atoms with E-state index in [1.54, 1.807) is 36.5 Å². The highest BCUT2D eigenvalue weighted by Crippen LogP contribution is 2.30. The van der Waals surface area contributed by atoms with Crippen molar-refractivity contribution >= 4 is 15.9 Å². The molecule has 0 aliphatic heterocycles. The molecule has 3 aromatic rings. The molecule has 1 N–H and O–H groups in total. The van der Waals surface area contributed by atoms with Gasteiger partial charge in [-0.1, -0.05) is 18.2 Å². The van der Waals surface area contributed by atoms with Gasteiger partial charge in [-0.05, 0) is 60.2 Å². The van der Waals surface area contributed by atoms with E-state index >= 15 is 0 Å². The molecule has 172 valence electrons. The fraction of sp³-hybridized carbons (Fsp3) is 0.250. The Kier molecular flexibility index (Phi) is 6.60. The van der Waals surface area contributed by atoms with E-state index in [4.69, 9.17) is 9.47 Å². The number of amides is 1. The first-order chi connectivity index (χ1) is 15.8. The Morgan fingerprint density at radius 3 is 2.42 bits per heavy atom. The van der Waals surface area contributed by atoms with E-state index in [1.165, 1.54) is 31.0 Å². The third-order valence-corrected chi connectivity index (χ3v) is 5.61. The summed E-state index contributed by atoms with van der Waals surface area (Å²) in [5, 5.41) is 0. The lowest BCUT2D eigenvalue weighted by Crippen LogP contribution is -2.29. The van der Waals surface area contributed by atoms with Crippen LogP contribution in [0.3, 0.4) is 0 Å². The average Bonchev–Trinajstić information content (AvgIpc) is 3.61. The minimum Gasteiger partial charge on any atom is -0.486 e. The summed E-state index contributed by atoms with van der Waals surface area (Å²) < 4.78 is 49.8. The predicted octanol–water partition coefficient (Wildman–Crippen LogP) is 3.94. The largest absolute Gasteiger partial charge is 0.486 e. The van der Waals surface area contributed by atoms with Crippen LogP contribution < -0.4 is 14.2 Å². The molecule has 4 rings (SSSR count). The van der Waals surface area contributed by atoms with Crippen LogP contribution in [0.5, 0.6) is 11.6 Å². The molecule has 0 unspecified atom stereocenters. The van der Waals surface area contributed by atoms with Crippen molar-refractivity contribution < 1.29 is 27.1 Å². The number of nitrogens with one attached hydrogen (secondary N) is 1. The molecular formula is C24H23FN2O5S. The van der Waals surface area contributed by atoms with E-state index in [-0.39, 0.29) is 17.9 Å². The monoisotopic (exact) mass is 470 g/mol. The van der Waals surface area contributed by atoms with E-state index in [1.807, 2.05) is 10.8 Å². The second kappa shape index (κ2) is 9.58. The lowest BCUT2D eigenvalue weighted by atomic mass is 10.1. The smallest absolute Gasteiger partial charge is 0.264 e. The number of carbonyl (C=O) groups is 1. The molecule has 1 heterocycles. The standard InChI is InChI=1S/C24H23FN2O5S/c1-33(29,30)27-24(28)18-6-4-17(5-7-18)14-31-22-12-19(8-10-21(22)25)20-9-11-23(26-13-20)32-15-16-2-3-16/h4-13,16H,2-3,14-15H2,1H3,(H,27,28). The maximum atomic E-state index is 14.3. The van der Waals surface area contributed by atoms with Crippen LogP contribution in [-0.2, 0) is 16.6 Å². The molecule has 0 radical (unpaired) electrons.